The lowest BCUT2D eigenvalue weighted by Crippen LogP contribution is -2.42. The largest absolute Gasteiger partial charge is 0.393 e. The maximum atomic E-state index is 12.9. The van der Waals surface area contributed by atoms with Crippen LogP contribution in [0.1, 0.15) is 32.3 Å². The highest BCUT2D eigenvalue weighted by Crippen LogP contribution is 2.35. The van der Waals surface area contributed by atoms with Crippen LogP contribution in [0.4, 0.5) is 18.9 Å². The van der Waals surface area contributed by atoms with Gasteiger partial charge in [0, 0.05) is 49.3 Å². The van der Waals surface area contributed by atoms with Crippen molar-refractivity contribution in [1.82, 2.24) is 10.3 Å². The van der Waals surface area contributed by atoms with Gasteiger partial charge in [0.05, 0.1) is 5.92 Å². The van der Waals surface area contributed by atoms with E-state index in [1.54, 1.807) is 12.4 Å². The SMILES string of the molecule is CC(C)NCc1cnccc1N1CCCC(C(F)(F)F)C1. The number of anilines is 1. The number of hydrogen-bond donors (Lipinski definition) is 1. The molecule has 1 aliphatic heterocycles. The molecule has 1 atom stereocenters. The van der Waals surface area contributed by atoms with Gasteiger partial charge < -0.3 is 10.2 Å². The van der Waals surface area contributed by atoms with E-state index in [0.717, 1.165) is 11.3 Å². The summed E-state index contributed by atoms with van der Waals surface area (Å²) in [7, 11) is 0. The van der Waals surface area contributed by atoms with Crippen LogP contribution in [0.3, 0.4) is 0 Å². The quantitative estimate of drug-likeness (QED) is 0.924. The molecule has 21 heavy (non-hydrogen) atoms. The molecule has 2 heterocycles. The van der Waals surface area contributed by atoms with Gasteiger partial charge in [0.2, 0.25) is 0 Å². The molecule has 3 nitrogen and oxygen atoms in total. The van der Waals surface area contributed by atoms with E-state index in [-0.39, 0.29) is 13.0 Å². The second-order valence-electron chi connectivity index (χ2n) is 5.87. The Labute approximate surface area is 123 Å². The van der Waals surface area contributed by atoms with Crippen molar-refractivity contribution in [2.75, 3.05) is 18.0 Å². The van der Waals surface area contributed by atoms with Crippen LogP contribution in [0.25, 0.3) is 0 Å². The summed E-state index contributed by atoms with van der Waals surface area (Å²) >= 11 is 0. The van der Waals surface area contributed by atoms with Crippen molar-refractivity contribution in [3.8, 4) is 0 Å². The molecule has 0 spiro atoms. The molecule has 1 fully saturated rings. The highest BCUT2D eigenvalue weighted by Gasteiger charge is 2.42. The van der Waals surface area contributed by atoms with Crippen molar-refractivity contribution in [2.45, 2.75) is 45.5 Å². The first-order valence-electron chi connectivity index (χ1n) is 7.36. The summed E-state index contributed by atoms with van der Waals surface area (Å²) in [6, 6.07) is 2.14. The molecular formula is C15H22F3N3. The number of nitrogens with one attached hydrogen (secondary N) is 1. The van der Waals surface area contributed by atoms with E-state index in [2.05, 4.69) is 10.3 Å². The number of hydrogen-bond acceptors (Lipinski definition) is 3. The minimum atomic E-state index is -4.11. The maximum Gasteiger partial charge on any atom is 0.393 e. The number of alkyl halides is 3. The summed E-state index contributed by atoms with van der Waals surface area (Å²) in [5.41, 5.74) is 1.82. The molecule has 1 aliphatic rings. The van der Waals surface area contributed by atoms with Crippen LogP contribution in [0.2, 0.25) is 0 Å². The Morgan fingerprint density at radius 2 is 2.19 bits per heavy atom. The van der Waals surface area contributed by atoms with Crippen LogP contribution in [0.5, 0.6) is 0 Å². The van der Waals surface area contributed by atoms with Gasteiger partial charge in [-0.15, -0.1) is 0 Å². The van der Waals surface area contributed by atoms with Gasteiger partial charge in [-0.3, -0.25) is 4.98 Å². The van der Waals surface area contributed by atoms with Crippen molar-refractivity contribution in [2.24, 2.45) is 5.92 Å². The van der Waals surface area contributed by atoms with Crippen LogP contribution >= 0.6 is 0 Å². The molecule has 0 radical (unpaired) electrons. The Morgan fingerprint density at radius 1 is 1.43 bits per heavy atom. The molecule has 0 amide bonds. The Morgan fingerprint density at radius 3 is 2.86 bits per heavy atom. The summed E-state index contributed by atoms with van der Waals surface area (Å²) in [5.74, 6) is -1.23. The maximum absolute atomic E-state index is 12.9. The van der Waals surface area contributed by atoms with E-state index in [1.807, 2.05) is 24.8 Å². The zero-order valence-corrected chi connectivity index (χ0v) is 12.5. The van der Waals surface area contributed by atoms with Crippen molar-refractivity contribution in [3.63, 3.8) is 0 Å². The lowest BCUT2D eigenvalue weighted by molar-refractivity contribution is -0.176. The molecule has 1 aromatic rings. The van der Waals surface area contributed by atoms with Crippen molar-refractivity contribution in [1.29, 1.82) is 0 Å². The van der Waals surface area contributed by atoms with Crippen LogP contribution < -0.4 is 10.2 Å². The Hall–Kier alpha value is -1.30. The second-order valence-corrected chi connectivity index (χ2v) is 5.87. The van der Waals surface area contributed by atoms with Crippen LogP contribution in [0, 0.1) is 5.92 Å². The average molecular weight is 301 g/mol. The first kappa shape index (κ1) is 16.1. The summed E-state index contributed by atoms with van der Waals surface area (Å²) < 4.78 is 38.8. The number of piperidine rings is 1. The summed E-state index contributed by atoms with van der Waals surface area (Å²) in [6.45, 7) is 5.41. The van der Waals surface area contributed by atoms with E-state index in [1.165, 1.54) is 0 Å². The van der Waals surface area contributed by atoms with E-state index in [0.29, 0.717) is 25.6 Å². The van der Waals surface area contributed by atoms with Gasteiger partial charge >= 0.3 is 6.18 Å². The van der Waals surface area contributed by atoms with Gasteiger partial charge in [-0.05, 0) is 18.9 Å². The first-order chi connectivity index (χ1) is 9.88. The van der Waals surface area contributed by atoms with Gasteiger partial charge in [0.25, 0.3) is 0 Å². The van der Waals surface area contributed by atoms with Gasteiger partial charge in [-0.1, -0.05) is 13.8 Å². The third-order valence-corrected chi connectivity index (χ3v) is 3.80. The predicted molar refractivity (Wildman–Crippen MR) is 77.2 cm³/mol. The Bertz CT molecular complexity index is 460. The Kier molecular flexibility index (Phi) is 5.08. The van der Waals surface area contributed by atoms with E-state index in [9.17, 15) is 13.2 Å². The van der Waals surface area contributed by atoms with Crippen LogP contribution in [-0.2, 0) is 6.54 Å². The topological polar surface area (TPSA) is 28.2 Å². The Balaban J connectivity index is 2.13. The third kappa shape index (κ3) is 4.33. The number of halogens is 3. The molecular weight excluding hydrogens is 279 g/mol. The summed E-state index contributed by atoms with van der Waals surface area (Å²) in [5, 5.41) is 3.29. The van der Waals surface area contributed by atoms with E-state index >= 15 is 0 Å². The standard InChI is InChI=1S/C15H22F3N3/c1-11(2)20-9-12-8-19-6-5-14(12)21-7-3-4-13(10-21)15(16,17)18/h5-6,8,11,13,20H,3-4,7,9-10H2,1-2H3. The zero-order chi connectivity index (χ0) is 15.5. The number of nitrogens with zero attached hydrogens (tertiary/aromatic N) is 2. The smallest absolute Gasteiger partial charge is 0.371 e. The highest BCUT2D eigenvalue weighted by molar-refractivity contribution is 5.52. The molecule has 1 unspecified atom stereocenters. The van der Waals surface area contributed by atoms with Gasteiger partial charge in [0.15, 0.2) is 0 Å². The van der Waals surface area contributed by atoms with E-state index in [4.69, 9.17) is 0 Å². The zero-order valence-electron chi connectivity index (χ0n) is 12.5. The van der Waals surface area contributed by atoms with Crippen molar-refractivity contribution >= 4 is 5.69 Å². The van der Waals surface area contributed by atoms with Crippen molar-refractivity contribution in [3.05, 3.63) is 24.0 Å². The predicted octanol–water partition coefficient (Wildman–Crippen LogP) is 3.36. The fraction of sp³-hybridized carbons (Fsp3) is 0.667. The average Bonchev–Trinajstić information content (AvgIpc) is 2.44. The number of pyridine rings is 1. The highest BCUT2D eigenvalue weighted by atomic mass is 19.4. The molecule has 1 aromatic heterocycles. The molecule has 1 N–H and O–H groups in total. The first-order valence-corrected chi connectivity index (χ1v) is 7.36. The van der Waals surface area contributed by atoms with Gasteiger partial charge in [-0.2, -0.15) is 13.2 Å². The lowest BCUT2D eigenvalue weighted by atomic mass is 9.96. The number of rotatable bonds is 4. The summed E-state index contributed by atoms with van der Waals surface area (Å²) in [6.07, 6.45) is 0.0730. The lowest BCUT2D eigenvalue weighted by Gasteiger charge is -2.36. The molecule has 0 aromatic carbocycles. The molecule has 118 valence electrons. The van der Waals surface area contributed by atoms with Gasteiger partial charge in [0.1, 0.15) is 0 Å². The molecule has 6 heteroatoms. The van der Waals surface area contributed by atoms with E-state index < -0.39 is 12.1 Å². The molecule has 2 rings (SSSR count). The molecule has 1 saturated heterocycles. The van der Waals surface area contributed by atoms with Crippen molar-refractivity contribution < 1.29 is 13.2 Å². The fourth-order valence-electron chi connectivity index (χ4n) is 2.64. The monoisotopic (exact) mass is 301 g/mol. The second kappa shape index (κ2) is 6.64. The van der Waals surface area contributed by atoms with Crippen LogP contribution in [-0.4, -0.2) is 30.3 Å². The fourth-order valence-corrected chi connectivity index (χ4v) is 2.64. The minimum Gasteiger partial charge on any atom is -0.371 e. The third-order valence-electron chi connectivity index (χ3n) is 3.80. The van der Waals surface area contributed by atoms with Gasteiger partial charge in [-0.25, -0.2) is 0 Å². The molecule has 0 aliphatic carbocycles. The number of aromatic nitrogens is 1. The normalized spacial score (nSPS) is 20.1. The van der Waals surface area contributed by atoms with Crippen LogP contribution in [0.15, 0.2) is 18.5 Å². The summed E-state index contributed by atoms with van der Waals surface area (Å²) in [4.78, 5) is 5.94. The molecule has 0 saturated carbocycles. The molecule has 0 bridgehead atoms. The minimum absolute atomic E-state index is 0.0438.